The monoisotopic (exact) mass is 372 g/mol. The molecule has 0 amide bonds. The minimum atomic E-state index is 0. The number of unbranched alkanes of at least 4 members (excludes halogenated alkanes) is 3. The van der Waals surface area contributed by atoms with Crippen molar-refractivity contribution < 1.29 is 21.8 Å². The van der Waals surface area contributed by atoms with Gasteiger partial charge in [0.2, 0.25) is 0 Å². The molecule has 1 nitrogen and oxygen atoms in total. The maximum Gasteiger partial charge on any atom is 2.00 e. The van der Waals surface area contributed by atoms with Gasteiger partial charge in [-0.1, -0.05) is 54.2 Å². The number of carbonyl (C=O) groups is 1. The molecule has 0 atom stereocenters. The summed E-state index contributed by atoms with van der Waals surface area (Å²) in [5.41, 5.74) is 0.707. The Hall–Kier alpha value is 0.616. The summed E-state index contributed by atoms with van der Waals surface area (Å²) >= 11 is 3.26. The predicted molar refractivity (Wildman–Crippen MR) is 74.8 cm³/mol. The van der Waals surface area contributed by atoms with Gasteiger partial charge in [-0.3, -0.25) is 4.79 Å². The van der Waals surface area contributed by atoms with E-state index in [0.717, 1.165) is 17.2 Å². The van der Waals surface area contributed by atoms with Crippen molar-refractivity contribution in [2.24, 2.45) is 0 Å². The predicted octanol–water partition coefficient (Wildman–Crippen LogP) is 1.29. The van der Waals surface area contributed by atoms with E-state index < -0.39 is 0 Å². The third kappa shape index (κ3) is 14.6. The van der Waals surface area contributed by atoms with Crippen LogP contribution in [0.4, 0.5) is 0 Å². The van der Waals surface area contributed by atoms with E-state index in [0.29, 0.717) is 5.56 Å². The minimum Gasteiger partial charge on any atom is -1.00 e. The number of hydrogen-bond acceptors (Lipinski definition) is 1. The number of hydrogen-bond donors (Lipinski definition) is 0. The summed E-state index contributed by atoms with van der Waals surface area (Å²) in [6.45, 7) is 5.93. The van der Waals surface area contributed by atoms with Crippen molar-refractivity contribution in [3.05, 3.63) is 41.2 Å². The van der Waals surface area contributed by atoms with Crippen LogP contribution < -0.4 is 17.0 Å². The van der Waals surface area contributed by atoms with Gasteiger partial charge in [-0.2, -0.15) is 6.42 Å². The van der Waals surface area contributed by atoms with Crippen molar-refractivity contribution in [1.82, 2.24) is 0 Å². The summed E-state index contributed by atoms with van der Waals surface area (Å²) in [5, 5.41) is 0. The van der Waals surface area contributed by atoms with Crippen LogP contribution >= 0.6 is 15.9 Å². The van der Waals surface area contributed by atoms with Crippen LogP contribution in [-0.2, 0) is 0 Å². The number of rotatable bonds is 4. The van der Waals surface area contributed by atoms with Gasteiger partial charge < -0.3 is 23.9 Å². The summed E-state index contributed by atoms with van der Waals surface area (Å²) < 4.78 is 0.994. The summed E-state index contributed by atoms with van der Waals surface area (Å²) in [5.74, 6) is 0. The summed E-state index contributed by atoms with van der Waals surface area (Å²) in [4.78, 5) is 10.1. The Labute approximate surface area is 140 Å². The molecule has 0 aromatic heterocycles. The van der Waals surface area contributed by atoms with Gasteiger partial charge in [-0.25, -0.2) is 0 Å². The smallest absolute Gasteiger partial charge is 1.00 e. The molecule has 0 saturated heterocycles. The average Bonchev–Trinajstić information content (AvgIpc) is 2.28. The molecule has 0 spiro atoms. The first-order chi connectivity index (χ1) is 7.24. The van der Waals surface area contributed by atoms with E-state index in [2.05, 4.69) is 29.8 Å². The molecule has 0 radical (unpaired) electrons. The van der Waals surface area contributed by atoms with Gasteiger partial charge in [0.25, 0.3) is 0 Å². The van der Waals surface area contributed by atoms with Crippen LogP contribution in [0.15, 0.2) is 28.7 Å². The molecule has 1 aromatic carbocycles. The molecule has 0 N–H and O–H groups in total. The van der Waals surface area contributed by atoms with Gasteiger partial charge in [0.15, 0.2) is 0 Å². The van der Waals surface area contributed by atoms with Crippen LogP contribution in [0.25, 0.3) is 0 Å². The van der Waals surface area contributed by atoms with Gasteiger partial charge >= 0.3 is 23.1 Å². The molecule has 4 heteroatoms. The van der Waals surface area contributed by atoms with E-state index >= 15 is 0 Å². The van der Waals surface area contributed by atoms with Crippen molar-refractivity contribution in [2.45, 2.75) is 32.6 Å². The Morgan fingerprint density at radius 1 is 1.24 bits per heavy atom. The van der Waals surface area contributed by atoms with E-state index in [-0.39, 0.29) is 40.0 Å². The zero-order valence-corrected chi connectivity index (χ0v) is 14.9. The maximum atomic E-state index is 10.1. The Morgan fingerprint density at radius 3 is 2.06 bits per heavy atom. The van der Waals surface area contributed by atoms with Gasteiger partial charge in [-0.05, 0) is 12.1 Å². The minimum absolute atomic E-state index is 0. The molecule has 0 aliphatic rings. The number of halogens is 2. The molecular formula is C13H18Br2MgO. The SMILES string of the molecule is O=Cc1ccc(Br)cc1.[Br-].[CH2-]CCCCC.[Mg+2]. The third-order valence-corrected chi connectivity index (χ3v) is 2.39. The molecule has 92 valence electrons. The quantitative estimate of drug-likeness (QED) is 0.336. The molecule has 0 aliphatic carbocycles. The first-order valence-corrected chi connectivity index (χ1v) is 6.03. The van der Waals surface area contributed by atoms with Crippen molar-refractivity contribution in [3.8, 4) is 0 Å². The number of carbonyl (C=O) groups excluding carboxylic acids is 1. The van der Waals surface area contributed by atoms with Crippen LogP contribution in [0.1, 0.15) is 43.0 Å². The van der Waals surface area contributed by atoms with Gasteiger partial charge in [0.05, 0.1) is 0 Å². The summed E-state index contributed by atoms with van der Waals surface area (Å²) in [6, 6.07) is 7.20. The topological polar surface area (TPSA) is 17.1 Å². The largest absolute Gasteiger partial charge is 2.00 e. The molecule has 0 unspecified atom stereocenters. The zero-order chi connectivity index (χ0) is 11.5. The van der Waals surface area contributed by atoms with E-state index in [1.165, 1.54) is 19.3 Å². The molecule has 0 bridgehead atoms. The van der Waals surface area contributed by atoms with E-state index in [9.17, 15) is 4.79 Å². The molecule has 0 heterocycles. The van der Waals surface area contributed by atoms with Crippen molar-refractivity contribution >= 4 is 45.3 Å². The van der Waals surface area contributed by atoms with E-state index in [4.69, 9.17) is 0 Å². The number of aldehydes is 1. The second-order valence-electron chi connectivity index (χ2n) is 3.23. The number of benzene rings is 1. The van der Waals surface area contributed by atoms with E-state index in [1.54, 1.807) is 12.1 Å². The fourth-order valence-corrected chi connectivity index (χ4v) is 1.23. The normalized spacial score (nSPS) is 7.94. The Kier molecular flexibility index (Phi) is 22.3. The molecule has 0 fully saturated rings. The standard InChI is InChI=1S/C7H5BrO.C6H13.BrH.Mg/c8-7-3-1-6(5-9)2-4-7;1-3-5-6-4-2;;/h1-5H;1,3-6H2,2H3;1H;/q;-1;;+2/p-1. The van der Waals surface area contributed by atoms with Gasteiger partial charge in [-0.15, -0.1) is 0 Å². The van der Waals surface area contributed by atoms with Crippen LogP contribution in [0.2, 0.25) is 0 Å². The molecule has 17 heavy (non-hydrogen) atoms. The third-order valence-electron chi connectivity index (χ3n) is 1.86. The molecule has 1 aromatic rings. The fraction of sp³-hybridized carbons (Fsp3) is 0.385. The van der Waals surface area contributed by atoms with Crippen molar-refractivity contribution in [1.29, 1.82) is 0 Å². The average molecular weight is 374 g/mol. The molecule has 1 rings (SSSR count). The van der Waals surface area contributed by atoms with E-state index in [1.807, 2.05) is 12.1 Å². The summed E-state index contributed by atoms with van der Waals surface area (Å²) in [6.07, 6.45) is 5.90. The fourth-order valence-electron chi connectivity index (χ4n) is 0.968. The summed E-state index contributed by atoms with van der Waals surface area (Å²) in [7, 11) is 0. The molecule has 0 aliphatic heterocycles. The Morgan fingerprint density at radius 2 is 1.76 bits per heavy atom. The Bertz CT molecular complexity index is 259. The Balaban J connectivity index is -0.000000221. The van der Waals surface area contributed by atoms with Crippen LogP contribution in [0.5, 0.6) is 0 Å². The van der Waals surface area contributed by atoms with Gasteiger partial charge in [0, 0.05) is 10.0 Å². The molecule has 0 saturated carbocycles. The zero-order valence-electron chi connectivity index (χ0n) is 10.3. The first kappa shape index (κ1) is 22.8. The second-order valence-corrected chi connectivity index (χ2v) is 4.15. The van der Waals surface area contributed by atoms with Crippen LogP contribution in [0, 0.1) is 6.92 Å². The molecular weight excluding hydrogens is 356 g/mol. The first-order valence-electron chi connectivity index (χ1n) is 5.24. The van der Waals surface area contributed by atoms with Gasteiger partial charge in [0.1, 0.15) is 6.29 Å². The van der Waals surface area contributed by atoms with Crippen LogP contribution in [0.3, 0.4) is 0 Å². The maximum absolute atomic E-state index is 10.1. The van der Waals surface area contributed by atoms with Crippen molar-refractivity contribution in [2.75, 3.05) is 0 Å². The van der Waals surface area contributed by atoms with Crippen LogP contribution in [-0.4, -0.2) is 29.3 Å². The van der Waals surface area contributed by atoms with Crippen molar-refractivity contribution in [3.63, 3.8) is 0 Å². The second kappa shape index (κ2) is 16.6.